The molecule has 1 aliphatic rings. The minimum absolute atomic E-state index is 0.0240. The standard InChI is InChI=1S/C17H24N2O3/c1-4-15(12-5-7-14(22-3)8-6-12)18-17(21)13-9-10-19(2)16(20)11-13/h5-8,13,15H,4,9-11H2,1-3H3,(H,18,21). The van der Waals surface area contributed by atoms with Crippen LogP contribution in [0.1, 0.15) is 37.8 Å². The molecule has 0 bridgehead atoms. The number of piperidine rings is 1. The van der Waals surface area contributed by atoms with Gasteiger partial charge in [-0.15, -0.1) is 0 Å². The Kier molecular flexibility index (Phi) is 5.41. The number of methoxy groups -OCH3 is 1. The molecule has 1 aromatic rings. The number of carbonyl (C=O) groups is 2. The van der Waals surface area contributed by atoms with Crippen molar-refractivity contribution in [3.8, 4) is 5.75 Å². The molecule has 120 valence electrons. The monoisotopic (exact) mass is 304 g/mol. The van der Waals surface area contributed by atoms with Gasteiger partial charge in [0.1, 0.15) is 5.75 Å². The van der Waals surface area contributed by atoms with Crippen LogP contribution in [0.5, 0.6) is 5.75 Å². The summed E-state index contributed by atoms with van der Waals surface area (Å²) < 4.78 is 5.15. The lowest BCUT2D eigenvalue weighted by molar-refractivity contribution is -0.139. The number of likely N-dealkylation sites (tertiary alicyclic amines) is 1. The fraction of sp³-hybridized carbons (Fsp3) is 0.529. The van der Waals surface area contributed by atoms with Crippen LogP contribution in [0, 0.1) is 5.92 Å². The minimum Gasteiger partial charge on any atom is -0.497 e. The largest absolute Gasteiger partial charge is 0.497 e. The van der Waals surface area contributed by atoms with E-state index < -0.39 is 0 Å². The normalized spacial score (nSPS) is 19.7. The molecule has 1 heterocycles. The highest BCUT2D eigenvalue weighted by Crippen LogP contribution is 2.23. The van der Waals surface area contributed by atoms with E-state index in [2.05, 4.69) is 5.32 Å². The van der Waals surface area contributed by atoms with Gasteiger partial charge in [0.2, 0.25) is 11.8 Å². The van der Waals surface area contributed by atoms with Gasteiger partial charge in [0.25, 0.3) is 0 Å². The minimum atomic E-state index is -0.212. The van der Waals surface area contributed by atoms with Crippen LogP contribution in [-0.4, -0.2) is 37.4 Å². The van der Waals surface area contributed by atoms with E-state index in [1.807, 2.05) is 31.2 Å². The molecular weight excluding hydrogens is 280 g/mol. The van der Waals surface area contributed by atoms with Gasteiger partial charge in [-0.1, -0.05) is 19.1 Å². The zero-order valence-electron chi connectivity index (χ0n) is 13.5. The fourth-order valence-corrected chi connectivity index (χ4v) is 2.71. The van der Waals surface area contributed by atoms with Crippen LogP contribution in [0.25, 0.3) is 0 Å². The number of carbonyl (C=O) groups excluding carboxylic acids is 2. The van der Waals surface area contributed by atoms with Gasteiger partial charge in [-0.05, 0) is 30.5 Å². The van der Waals surface area contributed by atoms with Crippen molar-refractivity contribution < 1.29 is 14.3 Å². The van der Waals surface area contributed by atoms with Crippen LogP contribution < -0.4 is 10.1 Å². The first-order chi connectivity index (χ1) is 10.5. The van der Waals surface area contributed by atoms with Crippen molar-refractivity contribution in [1.29, 1.82) is 0 Å². The number of ether oxygens (including phenoxy) is 1. The second-order valence-corrected chi connectivity index (χ2v) is 5.75. The fourth-order valence-electron chi connectivity index (χ4n) is 2.71. The molecule has 1 fully saturated rings. The Bertz CT molecular complexity index is 527. The number of benzene rings is 1. The van der Waals surface area contributed by atoms with Crippen molar-refractivity contribution >= 4 is 11.8 Å². The summed E-state index contributed by atoms with van der Waals surface area (Å²) in [6.45, 7) is 2.69. The Balaban J connectivity index is 1.99. The van der Waals surface area contributed by atoms with Crippen LogP contribution in [0.15, 0.2) is 24.3 Å². The molecule has 1 aromatic carbocycles. The Morgan fingerprint density at radius 1 is 1.41 bits per heavy atom. The average Bonchev–Trinajstić information content (AvgIpc) is 2.55. The lowest BCUT2D eigenvalue weighted by Crippen LogP contribution is -2.42. The van der Waals surface area contributed by atoms with Gasteiger partial charge in [0, 0.05) is 25.9 Å². The van der Waals surface area contributed by atoms with Gasteiger partial charge in [-0.3, -0.25) is 9.59 Å². The molecule has 22 heavy (non-hydrogen) atoms. The Morgan fingerprint density at radius 2 is 2.09 bits per heavy atom. The molecule has 2 amide bonds. The molecule has 1 aliphatic heterocycles. The topological polar surface area (TPSA) is 58.6 Å². The molecule has 1 saturated heterocycles. The lowest BCUT2D eigenvalue weighted by atomic mass is 9.94. The summed E-state index contributed by atoms with van der Waals surface area (Å²) in [7, 11) is 3.41. The first-order valence-electron chi connectivity index (χ1n) is 7.73. The second kappa shape index (κ2) is 7.29. The molecule has 2 unspecified atom stereocenters. The highest BCUT2D eigenvalue weighted by Gasteiger charge is 2.29. The quantitative estimate of drug-likeness (QED) is 0.906. The number of hydrogen-bond acceptors (Lipinski definition) is 3. The molecule has 0 aromatic heterocycles. The summed E-state index contributed by atoms with van der Waals surface area (Å²) >= 11 is 0. The summed E-state index contributed by atoms with van der Waals surface area (Å²) in [5, 5.41) is 3.08. The van der Waals surface area contributed by atoms with Gasteiger partial charge in [-0.2, -0.15) is 0 Å². The Hall–Kier alpha value is -2.04. The summed E-state index contributed by atoms with van der Waals surface area (Å²) in [5.41, 5.74) is 1.05. The molecule has 5 nitrogen and oxygen atoms in total. The molecule has 0 spiro atoms. The number of hydrogen-bond donors (Lipinski definition) is 1. The first kappa shape index (κ1) is 16.3. The van der Waals surface area contributed by atoms with Crippen LogP contribution in [0.4, 0.5) is 0 Å². The molecule has 0 saturated carbocycles. The van der Waals surface area contributed by atoms with Crippen LogP contribution in [0.3, 0.4) is 0 Å². The maximum absolute atomic E-state index is 12.4. The molecular formula is C17H24N2O3. The number of nitrogens with zero attached hydrogens (tertiary/aromatic N) is 1. The number of nitrogens with one attached hydrogen (secondary N) is 1. The van der Waals surface area contributed by atoms with Gasteiger partial charge < -0.3 is 15.0 Å². The lowest BCUT2D eigenvalue weighted by Gasteiger charge is -2.29. The van der Waals surface area contributed by atoms with Crippen molar-refractivity contribution in [1.82, 2.24) is 10.2 Å². The highest BCUT2D eigenvalue weighted by molar-refractivity contribution is 5.87. The van der Waals surface area contributed by atoms with E-state index >= 15 is 0 Å². The van der Waals surface area contributed by atoms with Crippen molar-refractivity contribution in [2.45, 2.75) is 32.2 Å². The highest BCUT2D eigenvalue weighted by atomic mass is 16.5. The SMILES string of the molecule is CCC(NC(=O)C1CCN(C)C(=O)C1)c1ccc(OC)cc1. The predicted molar refractivity (Wildman–Crippen MR) is 84.5 cm³/mol. The Labute approximate surface area is 131 Å². The van der Waals surface area contributed by atoms with Gasteiger partial charge >= 0.3 is 0 Å². The third-order valence-electron chi connectivity index (χ3n) is 4.27. The molecule has 0 aliphatic carbocycles. The van der Waals surface area contributed by atoms with E-state index in [4.69, 9.17) is 4.74 Å². The van der Waals surface area contributed by atoms with Gasteiger partial charge in [0.05, 0.1) is 13.2 Å². The second-order valence-electron chi connectivity index (χ2n) is 5.75. The maximum Gasteiger partial charge on any atom is 0.224 e. The van der Waals surface area contributed by atoms with E-state index in [9.17, 15) is 9.59 Å². The zero-order valence-corrected chi connectivity index (χ0v) is 13.5. The van der Waals surface area contributed by atoms with E-state index in [0.717, 1.165) is 24.2 Å². The third-order valence-corrected chi connectivity index (χ3v) is 4.27. The molecule has 2 atom stereocenters. The van der Waals surface area contributed by atoms with Crippen LogP contribution in [0.2, 0.25) is 0 Å². The van der Waals surface area contributed by atoms with Crippen LogP contribution >= 0.6 is 0 Å². The molecule has 1 N–H and O–H groups in total. The van der Waals surface area contributed by atoms with Crippen molar-refractivity contribution in [2.24, 2.45) is 5.92 Å². The summed E-state index contributed by atoms with van der Waals surface area (Å²) in [6, 6.07) is 7.68. The number of amides is 2. The van der Waals surface area contributed by atoms with E-state index in [0.29, 0.717) is 13.0 Å². The van der Waals surface area contributed by atoms with Crippen molar-refractivity contribution in [2.75, 3.05) is 20.7 Å². The van der Waals surface area contributed by atoms with E-state index in [-0.39, 0.29) is 23.8 Å². The molecule has 5 heteroatoms. The summed E-state index contributed by atoms with van der Waals surface area (Å²) in [6.07, 6.45) is 1.84. The molecule has 0 radical (unpaired) electrons. The summed E-state index contributed by atoms with van der Waals surface area (Å²) in [5.74, 6) is 0.606. The Morgan fingerprint density at radius 3 is 2.64 bits per heavy atom. The van der Waals surface area contributed by atoms with E-state index in [1.54, 1.807) is 19.1 Å². The average molecular weight is 304 g/mol. The smallest absolute Gasteiger partial charge is 0.224 e. The number of rotatable bonds is 5. The van der Waals surface area contributed by atoms with Crippen LogP contribution in [-0.2, 0) is 9.59 Å². The first-order valence-corrected chi connectivity index (χ1v) is 7.73. The zero-order chi connectivity index (χ0) is 16.1. The predicted octanol–water partition coefficient (Wildman–Crippen LogP) is 2.13. The van der Waals surface area contributed by atoms with Crippen molar-refractivity contribution in [3.05, 3.63) is 29.8 Å². The third kappa shape index (κ3) is 3.78. The van der Waals surface area contributed by atoms with Crippen molar-refractivity contribution in [3.63, 3.8) is 0 Å². The van der Waals surface area contributed by atoms with E-state index in [1.165, 1.54) is 0 Å². The molecule has 2 rings (SSSR count). The van der Waals surface area contributed by atoms with Gasteiger partial charge in [-0.25, -0.2) is 0 Å². The summed E-state index contributed by atoms with van der Waals surface area (Å²) in [4.78, 5) is 25.8. The maximum atomic E-state index is 12.4. The van der Waals surface area contributed by atoms with Gasteiger partial charge in [0.15, 0.2) is 0 Å².